The Morgan fingerprint density at radius 3 is 2.40 bits per heavy atom. The highest BCUT2D eigenvalue weighted by molar-refractivity contribution is 5.79. The molecule has 2 rings (SSSR count). The largest absolute Gasteiger partial charge is 0.497 e. The van der Waals surface area contributed by atoms with Crippen LogP contribution in [0.2, 0.25) is 0 Å². The number of rotatable bonds is 4. The van der Waals surface area contributed by atoms with Crippen molar-refractivity contribution in [3.63, 3.8) is 0 Å². The number of hydrogen-bond donors (Lipinski definition) is 0. The number of methoxy groups -OCH3 is 1. The lowest BCUT2D eigenvalue weighted by Gasteiger charge is -2.20. The van der Waals surface area contributed by atoms with Crippen molar-refractivity contribution in [3.05, 3.63) is 29.8 Å². The van der Waals surface area contributed by atoms with Gasteiger partial charge in [0, 0.05) is 12.6 Å². The molecule has 1 aromatic rings. The Balaban J connectivity index is 1.95. The second-order valence-electron chi connectivity index (χ2n) is 6.20. The van der Waals surface area contributed by atoms with Crippen LogP contribution >= 0.6 is 0 Å². The van der Waals surface area contributed by atoms with E-state index in [4.69, 9.17) is 9.47 Å². The summed E-state index contributed by atoms with van der Waals surface area (Å²) in [4.78, 5) is 14.1. The molecule has 1 aliphatic rings. The highest BCUT2D eigenvalue weighted by Crippen LogP contribution is 2.33. The summed E-state index contributed by atoms with van der Waals surface area (Å²) in [6, 6.07) is 8.06. The standard InChI is InChI=1S/C16H23NO3/c1-11(12-6-8-13(19-5)9-7-12)17-10-14(17)15(18)20-16(2,3)4/h6-9,11,14H,10H2,1-5H3/t11-,14+,17?/m1/s1. The normalized spacial score (nSPS) is 23.1. The third-order valence-corrected chi connectivity index (χ3v) is 3.43. The number of esters is 1. The predicted molar refractivity (Wildman–Crippen MR) is 77.7 cm³/mol. The van der Waals surface area contributed by atoms with Crippen molar-refractivity contribution >= 4 is 5.97 Å². The summed E-state index contributed by atoms with van der Waals surface area (Å²) < 4.78 is 10.6. The maximum Gasteiger partial charge on any atom is 0.325 e. The Morgan fingerprint density at radius 2 is 1.90 bits per heavy atom. The zero-order valence-corrected chi connectivity index (χ0v) is 12.8. The van der Waals surface area contributed by atoms with E-state index in [-0.39, 0.29) is 18.1 Å². The minimum Gasteiger partial charge on any atom is -0.497 e. The zero-order chi connectivity index (χ0) is 14.9. The van der Waals surface area contributed by atoms with Crippen LogP contribution < -0.4 is 4.74 Å². The van der Waals surface area contributed by atoms with Crippen molar-refractivity contribution in [1.29, 1.82) is 0 Å². The van der Waals surface area contributed by atoms with Gasteiger partial charge in [-0.2, -0.15) is 0 Å². The molecular formula is C16H23NO3. The van der Waals surface area contributed by atoms with E-state index in [1.807, 2.05) is 45.0 Å². The van der Waals surface area contributed by atoms with E-state index in [9.17, 15) is 4.79 Å². The van der Waals surface area contributed by atoms with Crippen molar-refractivity contribution in [2.45, 2.75) is 45.4 Å². The summed E-state index contributed by atoms with van der Waals surface area (Å²) in [5.41, 5.74) is 0.756. The molecule has 110 valence electrons. The predicted octanol–water partition coefficient (Wildman–Crippen LogP) is 2.78. The van der Waals surface area contributed by atoms with Gasteiger partial charge in [0.2, 0.25) is 0 Å². The Bertz CT molecular complexity index is 475. The van der Waals surface area contributed by atoms with Gasteiger partial charge in [-0.3, -0.25) is 9.69 Å². The first kappa shape index (κ1) is 14.9. The number of hydrogen-bond acceptors (Lipinski definition) is 4. The van der Waals surface area contributed by atoms with Crippen LogP contribution in [-0.2, 0) is 9.53 Å². The van der Waals surface area contributed by atoms with Gasteiger partial charge in [-0.1, -0.05) is 12.1 Å². The second-order valence-corrected chi connectivity index (χ2v) is 6.20. The Morgan fingerprint density at radius 1 is 1.30 bits per heavy atom. The molecule has 1 unspecified atom stereocenters. The molecule has 1 aliphatic heterocycles. The molecule has 0 bridgehead atoms. The number of benzene rings is 1. The van der Waals surface area contributed by atoms with Gasteiger partial charge in [-0.15, -0.1) is 0 Å². The molecular weight excluding hydrogens is 254 g/mol. The molecule has 1 fully saturated rings. The highest BCUT2D eigenvalue weighted by Gasteiger charge is 2.45. The Labute approximate surface area is 120 Å². The van der Waals surface area contributed by atoms with Crippen LogP contribution in [0.15, 0.2) is 24.3 Å². The van der Waals surface area contributed by atoms with Crippen LogP contribution in [0.1, 0.15) is 39.3 Å². The minimum atomic E-state index is -0.422. The molecule has 0 aliphatic carbocycles. The third-order valence-electron chi connectivity index (χ3n) is 3.43. The maximum absolute atomic E-state index is 12.0. The lowest BCUT2D eigenvalue weighted by atomic mass is 10.1. The first-order valence-corrected chi connectivity index (χ1v) is 6.94. The van der Waals surface area contributed by atoms with Crippen LogP contribution in [0.5, 0.6) is 5.75 Å². The summed E-state index contributed by atoms with van der Waals surface area (Å²) in [5.74, 6) is 0.716. The molecule has 4 heteroatoms. The average molecular weight is 277 g/mol. The summed E-state index contributed by atoms with van der Waals surface area (Å²) in [7, 11) is 1.65. The molecule has 0 saturated carbocycles. The third kappa shape index (κ3) is 3.51. The fourth-order valence-electron chi connectivity index (χ4n) is 2.23. The molecule has 3 atom stereocenters. The fourth-order valence-corrected chi connectivity index (χ4v) is 2.23. The lowest BCUT2D eigenvalue weighted by Crippen LogP contribution is -2.28. The molecule has 1 heterocycles. The molecule has 0 N–H and O–H groups in total. The second kappa shape index (κ2) is 5.44. The highest BCUT2D eigenvalue weighted by atomic mass is 16.6. The van der Waals surface area contributed by atoms with Crippen LogP contribution in [0.4, 0.5) is 0 Å². The fraction of sp³-hybridized carbons (Fsp3) is 0.562. The monoisotopic (exact) mass is 277 g/mol. The Kier molecular flexibility index (Phi) is 4.04. The van der Waals surface area contributed by atoms with Gasteiger partial charge >= 0.3 is 5.97 Å². The van der Waals surface area contributed by atoms with Gasteiger partial charge < -0.3 is 9.47 Å². The van der Waals surface area contributed by atoms with Crippen molar-refractivity contribution < 1.29 is 14.3 Å². The van der Waals surface area contributed by atoms with Crippen molar-refractivity contribution in [3.8, 4) is 5.75 Å². The minimum absolute atomic E-state index is 0.105. The number of carbonyl (C=O) groups is 1. The molecule has 1 saturated heterocycles. The molecule has 4 nitrogen and oxygen atoms in total. The van der Waals surface area contributed by atoms with Gasteiger partial charge in [-0.05, 0) is 45.4 Å². The van der Waals surface area contributed by atoms with E-state index in [2.05, 4.69) is 11.8 Å². The van der Waals surface area contributed by atoms with E-state index in [1.54, 1.807) is 7.11 Å². The van der Waals surface area contributed by atoms with Gasteiger partial charge in [0.25, 0.3) is 0 Å². The van der Waals surface area contributed by atoms with Crippen molar-refractivity contribution in [2.75, 3.05) is 13.7 Å². The summed E-state index contributed by atoms with van der Waals surface area (Å²) >= 11 is 0. The zero-order valence-electron chi connectivity index (χ0n) is 12.8. The Hall–Kier alpha value is -1.55. The quantitative estimate of drug-likeness (QED) is 0.626. The SMILES string of the molecule is COc1ccc([C@@H](C)N2C[C@H]2C(=O)OC(C)(C)C)cc1. The summed E-state index contributed by atoms with van der Waals surface area (Å²) in [6.07, 6.45) is 0. The molecule has 0 aromatic heterocycles. The first-order chi connectivity index (χ1) is 9.31. The summed E-state index contributed by atoms with van der Waals surface area (Å²) in [6.45, 7) is 8.55. The number of carbonyl (C=O) groups excluding carboxylic acids is 1. The van der Waals surface area contributed by atoms with Crippen LogP contribution in [0.3, 0.4) is 0 Å². The van der Waals surface area contributed by atoms with Crippen molar-refractivity contribution in [1.82, 2.24) is 4.90 Å². The maximum atomic E-state index is 12.0. The number of nitrogens with zero attached hydrogens (tertiary/aromatic N) is 1. The lowest BCUT2D eigenvalue weighted by molar-refractivity contribution is -0.155. The smallest absolute Gasteiger partial charge is 0.325 e. The molecule has 0 amide bonds. The van der Waals surface area contributed by atoms with Gasteiger partial charge in [0.05, 0.1) is 7.11 Å². The van der Waals surface area contributed by atoms with Gasteiger partial charge in [0.1, 0.15) is 17.4 Å². The van der Waals surface area contributed by atoms with E-state index < -0.39 is 5.60 Å². The topological polar surface area (TPSA) is 38.5 Å². The van der Waals surface area contributed by atoms with E-state index in [1.165, 1.54) is 5.56 Å². The number of ether oxygens (including phenoxy) is 2. The van der Waals surface area contributed by atoms with Gasteiger partial charge in [-0.25, -0.2) is 0 Å². The van der Waals surface area contributed by atoms with Crippen molar-refractivity contribution in [2.24, 2.45) is 0 Å². The molecule has 20 heavy (non-hydrogen) atoms. The first-order valence-electron chi connectivity index (χ1n) is 6.94. The molecule has 0 radical (unpaired) electrons. The van der Waals surface area contributed by atoms with Crippen LogP contribution in [0, 0.1) is 0 Å². The van der Waals surface area contributed by atoms with Crippen LogP contribution in [-0.4, -0.2) is 36.2 Å². The van der Waals surface area contributed by atoms with E-state index in [0.29, 0.717) is 0 Å². The van der Waals surface area contributed by atoms with Crippen LogP contribution in [0.25, 0.3) is 0 Å². The summed E-state index contributed by atoms with van der Waals surface area (Å²) in [5, 5.41) is 0. The average Bonchev–Trinajstić information content (AvgIpc) is 3.16. The van der Waals surface area contributed by atoms with Gasteiger partial charge in [0.15, 0.2) is 0 Å². The molecule has 0 spiro atoms. The van der Waals surface area contributed by atoms with E-state index >= 15 is 0 Å². The van der Waals surface area contributed by atoms with E-state index in [0.717, 1.165) is 12.3 Å². The molecule has 1 aromatic carbocycles.